The van der Waals surface area contributed by atoms with Crippen molar-refractivity contribution in [3.05, 3.63) is 89.7 Å². The molecule has 0 radical (unpaired) electrons. The van der Waals surface area contributed by atoms with Gasteiger partial charge in [0.05, 0.1) is 10.3 Å². The number of anilines is 2. The molecular formula is C23H21FN2O3S. The summed E-state index contributed by atoms with van der Waals surface area (Å²) in [4.78, 5) is 13.0. The monoisotopic (exact) mass is 424 g/mol. The van der Waals surface area contributed by atoms with Crippen LogP contribution in [0.15, 0.2) is 77.7 Å². The molecule has 0 atom stereocenters. The highest BCUT2D eigenvalue weighted by molar-refractivity contribution is 7.92. The van der Waals surface area contributed by atoms with Gasteiger partial charge in [0.15, 0.2) is 0 Å². The molecule has 4 rings (SSSR count). The molecule has 1 fully saturated rings. The molecule has 0 aromatic heterocycles. The van der Waals surface area contributed by atoms with Crippen molar-refractivity contribution in [1.82, 2.24) is 0 Å². The van der Waals surface area contributed by atoms with Gasteiger partial charge in [0, 0.05) is 11.4 Å². The molecule has 0 aliphatic heterocycles. The average Bonchev–Trinajstić information content (AvgIpc) is 3.52. The Morgan fingerprint density at radius 2 is 1.43 bits per heavy atom. The lowest BCUT2D eigenvalue weighted by Gasteiger charge is -2.16. The molecule has 0 heterocycles. The number of nitrogens with one attached hydrogen (secondary N) is 2. The Morgan fingerprint density at radius 1 is 0.867 bits per heavy atom. The van der Waals surface area contributed by atoms with Crippen LogP contribution in [-0.4, -0.2) is 14.3 Å². The molecule has 2 N–H and O–H groups in total. The third-order valence-electron chi connectivity index (χ3n) is 5.31. The Labute approximate surface area is 175 Å². The summed E-state index contributed by atoms with van der Waals surface area (Å²) in [6.07, 6.45) is 1.41. The number of amides is 1. The molecular weight excluding hydrogens is 403 g/mol. The number of aryl methyl sites for hydroxylation is 1. The van der Waals surface area contributed by atoms with Crippen LogP contribution in [0.25, 0.3) is 0 Å². The van der Waals surface area contributed by atoms with Crippen molar-refractivity contribution in [2.75, 3.05) is 10.0 Å². The van der Waals surface area contributed by atoms with Crippen molar-refractivity contribution >= 4 is 27.3 Å². The van der Waals surface area contributed by atoms with Crippen LogP contribution in [0, 0.1) is 12.7 Å². The van der Waals surface area contributed by atoms with Gasteiger partial charge in [-0.15, -0.1) is 0 Å². The lowest BCUT2D eigenvalue weighted by Crippen LogP contribution is -2.27. The van der Waals surface area contributed by atoms with Crippen LogP contribution in [0.2, 0.25) is 0 Å². The fourth-order valence-corrected chi connectivity index (χ4v) is 4.40. The van der Waals surface area contributed by atoms with Crippen molar-refractivity contribution in [3.63, 3.8) is 0 Å². The van der Waals surface area contributed by atoms with E-state index in [2.05, 4.69) is 10.0 Å². The third-order valence-corrected chi connectivity index (χ3v) is 6.70. The summed E-state index contributed by atoms with van der Waals surface area (Å²) >= 11 is 0. The molecule has 5 nitrogen and oxygen atoms in total. The Balaban J connectivity index is 1.44. The predicted molar refractivity (Wildman–Crippen MR) is 114 cm³/mol. The first-order valence-corrected chi connectivity index (χ1v) is 11.0. The molecule has 0 bridgehead atoms. The van der Waals surface area contributed by atoms with E-state index in [0.717, 1.165) is 11.1 Å². The maximum absolute atomic E-state index is 13.2. The molecule has 0 saturated heterocycles. The van der Waals surface area contributed by atoms with Crippen molar-refractivity contribution in [3.8, 4) is 0 Å². The SMILES string of the molecule is Cc1ccc(S(=O)(=O)Nc2ccc(NC(=O)C3(c4ccc(F)cc4)CC3)cc2)cc1. The minimum absolute atomic E-state index is 0.151. The molecule has 1 aliphatic carbocycles. The van der Waals surface area contributed by atoms with Crippen LogP contribution < -0.4 is 10.0 Å². The van der Waals surface area contributed by atoms with E-state index < -0.39 is 15.4 Å². The van der Waals surface area contributed by atoms with E-state index in [9.17, 15) is 17.6 Å². The molecule has 1 saturated carbocycles. The molecule has 154 valence electrons. The number of hydrogen-bond acceptors (Lipinski definition) is 3. The zero-order valence-corrected chi connectivity index (χ0v) is 17.2. The zero-order valence-electron chi connectivity index (χ0n) is 16.4. The first kappa shape index (κ1) is 20.1. The van der Waals surface area contributed by atoms with Gasteiger partial charge >= 0.3 is 0 Å². The largest absolute Gasteiger partial charge is 0.325 e. The van der Waals surface area contributed by atoms with Gasteiger partial charge < -0.3 is 5.32 Å². The van der Waals surface area contributed by atoms with Crippen molar-refractivity contribution in [1.29, 1.82) is 0 Å². The summed E-state index contributed by atoms with van der Waals surface area (Å²) in [5.74, 6) is -0.485. The molecule has 0 spiro atoms. The van der Waals surface area contributed by atoms with Gasteiger partial charge in [0.2, 0.25) is 5.91 Å². The number of hydrogen-bond donors (Lipinski definition) is 2. The van der Waals surface area contributed by atoms with Crippen LogP contribution in [0.4, 0.5) is 15.8 Å². The van der Waals surface area contributed by atoms with Gasteiger partial charge in [-0.2, -0.15) is 0 Å². The Kier molecular flexibility index (Phi) is 5.07. The number of halogens is 1. The van der Waals surface area contributed by atoms with E-state index in [0.29, 0.717) is 24.2 Å². The fraction of sp³-hybridized carbons (Fsp3) is 0.174. The molecule has 1 aliphatic rings. The van der Waals surface area contributed by atoms with Gasteiger partial charge in [0.25, 0.3) is 10.0 Å². The van der Waals surface area contributed by atoms with E-state index in [1.807, 2.05) is 6.92 Å². The van der Waals surface area contributed by atoms with Gasteiger partial charge in [-0.3, -0.25) is 9.52 Å². The molecule has 7 heteroatoms. The average molecular weight is 424 g/mol. The second-order valence-electron chi connectivity index (χ2n) is 7.54. The lowest BCUT2D eigenvalue weighted by atomic mass is 9.95. The Bertz CT molecular complexity index is 1170. The number of sulfonamides is 1. The first-order chi connectivity index (χ1) is 14.3. The summed E-state index contributed by atoms with van der Waals surface area (Å²) < 4.78 is 40.7. The summed E-state index contributed by atoms with van der Waals surface area (Å²) in [6, 6.07) is 19.1. The van der Waals surface area contributed by atoms with E-state index in [1.165, 1.54) is 12.1 Å². The van der Waals surface area contributed by atoms with Crippen LogP contribution in [-0.2, 0) is 20.2 Å². The predicted octanol–water partition coefficient (Wildman–Crippen LogP) is 4.61. The van der Waals surface area contributed by atoms with Crippen LogP contribution in [0.1, 0.15) is 24.0 Å². The maximum Gasteiger partial charge on any atom is 0.261 e. The smallest absolute Gasteiger partial charge is 0.261 e. The molecule has 3 aromatic carbocycles. The van der Waals surface area contributed by atoms with E-state index in [1.54, 1.807) is 60.7 Å². The maximum atomic E-state index is 13.2. The second-order valence-corrected chi connectivity index (χ2v) is 9.22. The first-order valence-electron chi connectivity index (χ1n) is 9.56. The minimum Gasteiger partial charge on any atom is -0.325 e. The summed E-state index contributed by atoms with van der Waals surface area (Å²) in [6.45, 7) is 1.89. The van der Waals surface area contributed by atoms with Gasteiger partial charge in [-0.25, -0.2) is 12.8 Å². The lowest BCUT2D eigenvalue weighted by molar-refractivity contribution is -0.118. The van der Waals surface area contributed by atoms with Crippen molar-refractivity contribution in [2.45, 2.75) is 30.1 Å². The molecule has 30 heavy (non-hydrogen) atoms. The van der Waals surface area contributed by atoms with E-state index >= 15 is 0 Å². The summed E-state index contributed by atoms with van der Waals surface area (Å²) in [5.41, 5.74) is 2.10. The van der Waals surface area contributed by atoms with E-state index in [4.69, 9.17) is 0 Å². The number of carbonyl (C=O) groups is 1. The molecule has 0 unspecified atom stereocenters. The van der Waals surface area contributed by atoms with Crippen LogP contribution >= 0.6 is 0 Å². The topological polar surface area (TPSA) is 75.3 Å². The fourth-order valence-electron chi connectivity index (χ4n) is 3.34. The molecule has 1 amide bonds. The van der Waals surface area contributed by atoms with Gasteiger partial charge in [0.1, 0.15) is 5.82 Å². The summed E-state index contributed by atoms with van der Waals surface area (Å²) in [7, 11) is -3.69. The Hall–Kier alpha value is -3.19. The van der Waals surface area contributed by atoms with Gasteiger partial charge in [-0.05, 0) is 73.9 Å². The van der Waals surface area contributed by atoms with Crippen LogP contribution in [0.3, 0.4) is 0 Å². The van der Waals surface area contributed by atoms with Gasteiger partial charge in [-0.1, -0.05) is 29.8 Å². The standard InChI is InChI=1S/C23H21FN2O3S/c1-16-2-12-21(13-3-16)30(28,29)26-20-10-8-19(9-11-20)25-22(27)23(14-15-23)17-4-6-18(24)7-5-17/h2-13,26H,14-15H2,1H3,(H,25,27). The number of carbonyl (C=O) groups excluding carboxylic acids is 1. The molecule has 3 aromatic rings. The zero-order chi connectivity index (χ0) is 21.4. The quantitative estimate of drug-likeness (QED) is 0.607. The number of rotatable bonds is 6. The Morgan fingerprint density at radius 3 is 2.00 bits per heavy atom. The minimum atomic E-state index is -3.69. The number of benzene rings is 3. The highest BCUT2D eigenvalue weighted by atomic mass is 32.2. The normalized spacial score (nSPS) is 14.7. The third kappa shape index (κ3) is 4.07. The van der Waals surface area contributed by atoms with Crippen molar-refractivity contribution in [2.24, 2.45) is 0 Å². The van der Waals surface area contributed by atoms with Crippen LogP contribution in [0.5, 0.6) is 0 Å². The highest BCUT2D eigenvalue weighted by Gasteiger charge is 2.51. The van der Waals surface area contributed by atoms with E-state index in [-0.39, 0.29) is 16.6 Å². The second kappa shape index (κ2) is 7.57. The van der Waals surface area contributed by atoms with Crippen molar-refractivity contribution < 1.29 is 17.6 Å². The summed E-state index contributed by atoms with van der Waals surface area (Å²) in [5, 5.41) is 2.88. The highest BCUT2D eigenvalue weighted by Crippen LogP contribution is 2.49.